The summed E-state index contributed by atoms with van der Waals surface area (Å²) in [5.74, 6) is -10.2. The summed E-state index contributed by atoms with van der Waals surface area (Å²) in [4.78, 5) is 72.8. The Hall–Kier alpha value is -5.14. The molecule has 0 aromatic carbocycles. The van der Waals surface area contributed by atoms with Crippen LogP contribution in [0.4, 0.5) is 0 Å². The maximum Gasteiger partial charge on any atom is 0.414 e. The van der Waals surface area contributed by atoms with Gasteiger partial charge in [0.1, 0.15) is 11.5 Å². The molecule has 2 rings (SSSR count). The maximum absolute atomic E-state index is 9.10. The molecule has 2 aromatic heterocycles. The Morgan fingerprint density at radius 2 is 0.655 bits per heavy atom. The zero-order valence-corrected chi connectivity index (χ0v) is 33.3. The third kappa shape index (κ3) is 47.0. The quantitative estimate of drug-likeness (QED) is 0.0386. The van der Waals surface area contributed by atoms with Gasteiger partial charge < -0.3 is 71.0 Å². The average molecular weight is 871 g/mol. The lowest BCUT2D eigenvalue weighted by Crippen LogP contribution is -2.19. The summed E-state index contributed by atoms with van der Waals surface area (Å²) >= 11 is 0. The first kappa shape index (κ1) is 57.2. The Morgan fingerprint density at radius 1 is 0.397 bits per heavy atom. The van der Waals surface area contributed by atoms with Crippen LogP contribution in [0.3, 0.4) is 0 Å². The smallest absolute Gasteiger partial charge is 0.414 e. The van der Waals surface area contributed by atoms with Crippen LogP contribution in [0.25, 0.3) is 0 Å². The van der Waals surface area contributed by atoms with Crippen molar-refractivity contribution in [1.82, 2.24) is 21.3 Å². The second-order valence-corrected chi connectivity index (χ2v) is 13.6. The van der Waals surface area contributed by atoms with E-state index in [-0.39, 0.29) is 0 Å². The van der Waals surface area contributed by atoms with Gasteiger partial charge in [0.25, 0.3) is 0 Å². The number of unbranched alkanes of at least 4 members (excludes halogenated alkanes) is 6. The summed E-state index contributed by atoms with van der Waals surface area (Å²) in [6, 6.07) is 7.91. The molecule has 0 bridgehead atoms. The molecule has 0 atom stereocenters. The molecule has 0 unspecified atom stereocenters. The SMILES string of the molecule is O=C(O)C(=O)O.O=C(O)C(=O)O.O=C(O)C(=O)O.O=C(O)C(=O)O.c1coc(CNCCCCCCNCCSSCCNCCCCCCNCc2ccco2)c1. The van der Waals surface area contributed by atoms with Gasteiger partial charge in [-0.15, -0.1) is 0 Å². The van der Waals surface area contributed by atoms with Crippen molar-refractivity contribution < 1.29 is 88.0 Å². The zero-order chi connectivity index (χ0) is 44.4. The highest BCUT2D eigenvalue weighted by Crippen LogP contribution is 2.19. The lowest BCUT2D eigenvalue weighted by molar-refractivity contribution is -0.159. The Kier molecular flexibility index (Phi) is 40.9. The molecule has 12 N–H and O–H groups in total. The van der Waals surface area contributed by atoms with Crippen LogP contribution in [0, 0.1) is 0 Å². The number of aliphatic carboxylic acids is 8. The maximum atomic E-state index is 9.10. The highest BCUT2D eigenvalue weighted by atomic mass is 33.1. The van der Waals surface area contributed by atoms with Crippen LogP contribution in [0.5, 0.6) is 0 Å². The Labute approximate surface area is 341 Å². The van der Waals surface area contributed by atoms with Crippen LogP contribution in [0.2, 0.25) is 0 Å². The Bertz CT molecular complexity index is 1200. The van der Waals surface area contributed by atoms with E-state index in [4.69, 9.17) is 88.0 Å². The Morgan fingerprint density at radius 3 is 0.879 bits per heavy atom. The Balaban J connectivity index is -0.00000101. The molecule has 330 valence electrons. The molecule has 0 aliphatic rings. The fraction of sp³-hybridized carbons (Fsp3) is 0.529. The van der Waals surface area contributed by atoms with Crippen LogP contribution in [-0.4, -0.2) is 139 Å². The van der Waals surface area contributed by atoms with Gasteiger partial charge in [-0.2, -0.15) is 0 Å². The van der Waals surface area contributed by atoms with Crippen molar-refractivity contribution in [2.45, 2.75) is 64.5 Å². The van der Waals surface area contributed by atoms with E-state index in [2.05, 4.69) is 21.3 Å². The predicted octanol–water partition coefficient (Wildman–Crippen LogP) is 2.06. The number of carboxylic acid groups (broad SMARTS) is 8. The summed E-state index contributed by atoms with van der Waals surface area (Å²) in [5.41, 5.74) is 0. The first-order valence-corrected chi connectivity index (χ1v) is 20.0. The van der Waals surface area contributed by atoms with Gasteiger partial charge in [0.05, 0.1) is 25.6 Å². The first-order valence-electron chi connectivity index (χ1n) is 17.5. The number of carbonyl (C=O) groups is 8. The summed E-state index contributed by atoms with van der Waals surface area (Å²) in [6.07, 6.45) is 13.7. The molecule has 2 aromatic rings. The molecule has 0 aliphatic carbocycles. The third-order valence-electron chi connectivity index (χ3n) is 6.21. The van der Waals surface area contributed by atoms with Crippen LogP contribution < -0.4 is 21.3 Å². The highest BCUT2D eigenvalue weighted by molar-refractivity contribution is 8.76. The van der Waals surface area contributed by atoms with E-state index in [1.54, 1.807) is 12.5 Å². The minimum absolute atomic E-state index is 0.840. The second kappa shape index (κ2) is 41.5. The fourth-order valence-corrected chi connectivity index (χ4v) is 5.45. The van der Waals surface area contributed by atoms with E-state index >= 15 is 0 Å². The summed E-state index contributed by atoms with van der Waals surface area (Å²) in [5, 5.41) is 73.1. The third-order valence-corrected chi connectivity index (χ3v) is 8.62. The molecule has 0 spiro atoms. The molecule has 0 fully saturated rings. The van der Waals surface area contributed by atoms with Crippen molar-refractivity contribution >= 4 is 69.3 Å². The van der Waals surface area contributed by atoms with Crippen molar-refractivity contribution in [3.05, 3.63) is 48.3 Å². The van der Waals surface area contributed by atoms with Crippen LogP contribution in [-0.2, 0) is 51.4 Å². The first-order chi connectivity index (χ1) is 27.5. The second-order valence-electron chi connectivity index (χ2n) is 10.9. The molecule has 24 heteroatoms. The van der Waals surface area contributed by atoms with Gasteiger partial charge in [-0.05, 0) is 76.1 Å². The van der Waals surface area contributed by atoms with Crippen molar-refractivity contribution in [3.8, 4) is 0 Å². The minimum atomic E-state index is -1.82. The lowest BCUT2D eigenvalue weighted by atomic mass is 10.2. The number of hydrogen-bond acceptors (Lipinski definition) is 16. The van der Waals surface area contributed by atoms with Gasteiger partial charge in [0.2, 0.25) is 0 Å². The molecular formula is C34H54N4O18S2. The van der Waals surface area contributed by atoms with E-state index in [1.165, 1.54) is 62.9 Å². The average Bonchev–Trinajstić information content (AvgIpc) is 3.89. The fourth-order valence-electron chi connectivity index (χ4n) is 3.55. The molecule has 2 heterocycles. The van der Waals surface area contributed by atoms with E-state index in [0.29, 0.717) is 0 Å². The van der Waals surface area contributed by atoms with E-state index in [1.807, 2.05) is 45.9 Å². The molecular weight excluding hydrogens is 817 g/mol. The number of nitrogens with one attached hydrogen (secondary N) is 4. The van der Waals surface area contributed by atoms with Crippen LogP contribution >= 0.6 is 21.6 Å². The summed E-state index contributed by atoms with van der Waals surface area (Å²) in [7, 11) is 3.98. The largest absolute Gasteiger partial charge is 0.473 e. The van der Waals surface area contributed by atoms with Crippen molar-refractivity contribution in [1.29, 1.82) is 0 Å². The molecule has 0 radical (unpaired) electrons. The minimum Gasteiger partial charge on any atom is -0.473 e. The van der Waals surface area contributed by atoms with Crippen molar-refractivity contribution in [3.63, 3.8) is 0 Å². The number of hydrogen-bond donors (Lipinski definition) is 12. The number of furan rings is 2. The molecule has 0 aliphatic heterocycles. The topological polar surface area (TPSA) is 373 Å². The van der Waals surface area contributed by atoms with E-state index in [9.17, 15) is 0 Å². The van der Waals surface area contributed by atoms with Gasteiger partial charge in [-0.25, -0.2) is 38.4 Å². The van der Waals surface area contributed by atoms with E-state index < -0.39 is 47.8 Å². The molecule has 0 amide bonds. The van der Waals surface area contributed by atoms with Gasteiger partial charge in [0.15, 0.2) is 0 Å². The molecule has 58 heavy (non-hydrogen) atoms. The monoisotopic (exact) mass is 870 g/mol. The van der Waals surface area contributed by atoms with Gasteiger partial charge >= 0.3 is 47.8 Å². The van der Waals surface area contributed by atoms with Crippen molar-refractivity contribution in [2.24, 2.45) is 0 Å². The number of carboxylic acids is 8. The van der Waals surface area contributed by atoms with Gasteiger partial charge in [-0.1, -0.05) is 47.3 Å². The van der Waals surface area contributed by atoms with Crippen LogP contribution in [0.1, 0.15) is 62.9 Å². The molecule has 0 saturated heterocycles. The van der Waals surface area contributed by atoms with Crippen molar-refractivity contribution in [2.75, 3.05) is 50.8 Å². The normalized spacial score (nSPS) is 9.72. The number of rotatable bonds is 25. The molecule has 0 saturated carbocycles. The molecule has 22 nitrogen and oxygen atoms in total. The lowest BCUT2D eigenvalue weighted by Gasteiger charge is -2.06. The predicted molar refractivity (Wildman–Crippen MR) is 210 cm³/mol. The summed E-state index contributed by atoms with van der Waals surface area (Å²) in [6.45, 7) is 8.35. The standard InChI is InChI=1S/C26H46N4O2S2.4C2H2O4/c1(3-7-15-29-23-25-11-9-19-31-25)5-13-27-17-21-33-34-22-18-28-14-6-2-4-8-16-30-24-26-12-10-20-32-26;4*3-1(4)2(5)6/h9-12,19-20,27-30H,1-8,13-18,21-24H2;4*(H,3,4)(H,5,6). The van der Waals surface area contributed by atoms with Crippen LogP contribution in [0.15, 0.2) is 45.6 Å². The van der Waals surface area contributed by atoms with E-state index in [0.717, 1.165) is 63.9 Å². The van der Waals surface area contributed by atoms with Gasteiger partial charge in [0, 0.05) is 24.6 Å². The zero-order valence-electron chi connectivity index (χ0n) is 31.7. The van der Waals surface area contributed by atoms with Gasteiger partial charge in [-0.3, -0.25) is 0 Å². The summed E-state index contributed by atoms with van der Waals surface area (Å²) < 4.78 is 10.6. The highest BCUT2D eigenvalue weighted by Gasteiger charge is 2.06.